The van der Waals surface area contributed by atoms with Gasteiger partial charge in [-0.2, -0.15) is 0 Å². The Kier molecular flexibility index (Phi) is 10.4. The number of carboxylic acids is 2. The number of hydrogen-bond donors (Lipinski definition) is 2. The zero-order valence-corrected chi connectivity index (χ0v) is 27.4. The third kappa shape index (κ3) is 7.39. The Morgan fingerprint density at radius 1 is 0.837 bits per heavy atom. The highest BCUT2D eigenvalue weighted by Gasteiger charge is 2.50. The van der Waals surface area contributed by atoms with E-state index in [1.54, 1.807) is 24.3 Å². The third-order valence-electron chi connectivity index (χ3n) is 9.15. The van der Waals surface area contributed by atoms with Crippen LogP contribution in [0.15, 0.2) is 54.6 Å². The molecule has 0 bridgehead atoms. The first kappa shape index (κ1) is 33.9. The predicted molar refractivity (Wildman–Crippen MR) is 174 cm³/mol. The van der Waals surface area contributed by atoms with Crippen LogP contribution < -0.4 is 23.7 Å². The van der Waals surface area contributed by atoms with Crippen LogP contribution in [0.4, 0.5) is 0 Å². The Morgan fingerprint density at radius 2 is 1.59 bits per heavy atom. The number of benzene rings is 3. The van der Waals surface area contributed by atoms with Gasteiger partial charge in [-0.05, 0) is 66.3 Å². The first-order valence-corrected chi connectivity index (χ1v) is 16.5. The highest BCUT2D eigenvalue weighted by molar-refractivity contribution is 5.83. The fraction of sp³-hybridized carbons (Fsp3) is 0.432. The van der Waals surface area contributed by atoms with Crippen LogP contribution >= 0.6 is 0 Å². The molecule has 1 fully saturated rings. The average Bonchev–Trinajstić information content (AvgIpc) is 3.71. The molecule has 3 aromatic rings. The van der Waals surface area contributed by atoms with Crippen LogP contribution in [-0.4, -0.2) is 67.6 Å². The summed E-state index contributed by atoms with van der Waals surface area (Å²) in [7, 11) is 1.48. The van der Waals surface area contributed by atoms with E-state index in [0.717, 1.165) is 31.2 Å². The fourth-order valence-corrected chi connectivity index (χ4v) is 6.98. The number of aliphatic carboxylic acids is 2. The molecule has 2 N–H and O–H groups in total. The van der Waals surface area contributed by atoms with Gasteiger partial charge in [0.1, 0.15) is 17.2 Å². The molecule has 0 amide bonds. The van der Waals surface area contributed by atoms with Crippen molar-refractivity contribution in [1.82, 2.24) is 0 Å². The van der Waals surface area contributed by atoms with Crippen molar-refractivity contribution in [2.45, 2.75) is 69.7 Å². The quantitative estimate of drug-likeness (QED) is 0.155. The summed E-state index contributed by atoms with van der Waals surface area (Å²) in [6.45, 7) is 1.88. The molecular formula is C37H40O12. The minimum atomic E-state index is -1.82. The molecule has 12 nitrogen and oxygen atoms in total. The minimum Gasteiger partial charge on any atom is -0.497 e. The Labute approximate surface area is 283 Å². The van der Waals surface area contributed by atoms with Crippen LogP contribution in [0.5, 0.6) is 28.7 Å². The Balaban J connectivity index is 1.50. The zero-order valence-electron chi connectivity index (χ0n) is 27.4. The predicted octanol–water partition coefficient (Wildman–Crippen LogP) is 5.87. The molecule has 1 saturated carbocycles. The molecule has 6 rings (SSSR count). The number of esters is 1. The molecule has 1 aliphatic heterocycles. The maximum atomic E-state index is 14.6. The van der Waals surface area contributed by atoms with Gasteiger partial charge in [-0.25, -0.2) is 9.59 Å². The van der Waals surface area contributed by atoms with E-state index in [0.29, 0.717) is 59.1 Å². The fourth-order valence-electron chi connectivity index (χ4n) is 6.98. The first-order chi connectivity index (χ1) is 23.8. The van der Waals surface area contributed by atoms with Crippen LogP contribution in [0.3, 0.4) is 0 Å². The molecule has 0 spiro atoms. The summed E-state index contributed by atoms with van der Waals surface area (Å²) in [5.74, 6) is -3.63. The monoisotopic (exact) mass is 676 g/mol. The molecule has 0 saturated heterocycles. The van der Waals surface area contributed by atoms with Gasteiger partial charge in [0.2, 0.25) is 6.79 Å². The third-order valence-corrected chi connectivity index (χ3v) is 9.15. The number of rotatable bonds is 14. The second kappa shape index (κ2) is 15.1. The number of ether oxygens (including phenoxy) is 7. The van der Waals surface area contributed by atoms with Crippen LogP contribution in [0, 0.1) is 5.92 Å². The number of methoxy groups -OCH3 is 1. The van der Waals surface area contributed by atoms with Gasteiger partial charge >= 0.3 is 24.2 Å². The highest BCUT2D eigenvalue weighted by Crippen LogP contribution is 2.56. The number of fused-ring (bicyclic) bond motifs is 2. The molecule has 4 atom stereocenters. The lowest BCUT2D eigenvalue weighted by molar-refractivity contribution is -0.211. The van der Waals surface area contributed by atoms with Gasteiger partial charge in [0.25, 0.3) is 0 Å². The van der Waals surface area contributed by atoms with Crippen molar-refractivity contribution in [2.75, 3.05) is 27.1 Å². The van der Waals surface area contributed by atoms with Crippen LogP contribution in [-0.2, 0) is 23.9 Å². The van der Waals surface area contributed by atoms with Crippen molar-refractivity contribution in [3.63, 3.8) is 0 Å². The lowest BCUT2D eigenvalue weighted by atomic mass is 9.79. The van der Waals surface area contributed by atoms with E-state index in [1.165, 1.54) is 7.11 Å². The molecule has 3 aliphatic rings. The van der Waals surface area contributed by atoms with Crippen LogP contribution in [0.2, 0.25) is 0 Å². The van der Waals surface area contributed by atoms with E-state index in [4.69, 9.17) is 33.2 Å². The average molecular weight is 677 g/mol. The lowest BCUT2D eigenvalue weighted by Gasteiger charge is -2.29. The van der Waals surface area contributed by atoms with Crippen molar-refractivity contribution in [1.29, 1.82) is 0 Å². The van der Waals surface area contributed by atoms with Gasteiger partial charge < -0.3 is 43.4 Å². The number of carbonyl (C=O) groups is 3. The molecule has 49 heavy (non-hydrogen) atoms. The summed E-state index contributed by atoms with van der Waals surface area (Å²) in [5.41, 5.74) is 2.68. The molecular weight excluding hydrogens is 636 g/mol. The van der Waals surface area contributed by atoms with E-state index in [1.807, 2.05) is 37.3 Å². The van der Waals surface area contributed by atoms with Crippen LogP contribution in [0.25, 0.3) is 0 Å². The van der Waals surface area contributed by atoms with Gasteiger partial charge in [-0.1, -0.05) is 44.4 Å². The smallest absolute Gasteiger partial charge is 0.374 e. The summed E-state index contributed by atoms with van der Waals surface area (Å²) in [5, 5.41) is 19.6. The lowest BCUT2D eigenvalue weighted by Crippen LogP contribution is -2.38. The molecule has 4 unspecified atom stereocenters. The van der Waals surface area contributed by atoms with Crippen molar-refractivity contribution in [3.8, 4) is 28.7 Å². The van der Waals surface area contributed by atoms with E-state index < -0.39 is 48.6 Å². The van der Waals surface area contributed by atoms with Gasteiger partial charge in [-0.15, -0.1) is 0 Å². The van der Waals surface area contributed by atoms with Gasteiger partial charge in [-0.3, -0.25) is 4.79 Å². The van der Waals surface area contributed by atoms with E-state index in [-0.39, 0.29) is 18.6 Å². The summed E-state index contributed by atoms with van der Waals surface area (Å²) >= 11 is 0. The highest BCUT2D eigenvalue weighted by atomic mass is 16.7. The van der Waals surface area contributed by atoms with Crippen molar-refractivity contribution >= 4 is 17.9 Å². The molecule has 12 heteroatoms. The maximum Gasteiger partial charge on any atom is 0.374 e. The second-order valence-electron chi connectivity index (χ2n) is 12.3. The summed E-state index contributed by atoms with van der Waals surface area (Å²) in [4.78, 5) is 38.7. The normalized spacial score (nSPS) is 20.2. The van der Waals surface area contributed by atoms with Gasteiger partial charge in [0, 0.05) is 23.5 Å². The van der Waals surface area contributed by atoms with Gasteiger partial charge in [0.15, 0.2) is 18.1 Å². The Bertz CT molecular complexity index is 1680. The maximum absolute atomic E-state index is 14.6. The van der Waals surface area contributed by atoms with E-state index in [2.05, 4.69) is 0 Å². The summed E-state index contributed by atoms with van der Waals surface area (Å²) in [6, 6.07) is 16.0. The number of hydrogen-bond acceptors (Lipinski definition) is 10. The molecule has 0 aromatic heterocycles. The first-order valence-electron chi connectivity index (χ1n) is 16.5. The molecule has 2 aliphatic carbocycles. The summed E-state index contributed by atoms with van der Waals surface area (Å²) < 4.78 is 40.1. The van der Waals surface area contributed by atoms with Crippen molar-refractivity contribution < 1.29 is 57.8 Å². The van der Waals surface area contributed by atoms with E-state index >= 15 is 0 Å². The molecule has 0 radical (unpaired) electrons. The van der Waals surface area contributed by atoms with Crippen molar-refractivity contribution in [2.24, 2.45) is 5.92 Å². The standard InChI is InChI=1S/C37H40O12/c1-3-15-44-24-11-12-25-27(17-24)33(26-13-10-23(43-2)18-29(26)45-19-31(38)39)34(32(25)21-9-14-28-30(16-21)47-20-46-28)36(42)49-37(35(40)41)48-22-7-5-4-6-8-22/h9-14,16-18,22,32-34,37H,3-8,15,19-20H2,1-2H3,(H,38,39)(H,40,41). The Hall–Kier alpha value is -4.97. The van der Waals surface area contributed by atoms with E-state index in [9.17, 15) is 24.6 Å². The largest absolute Gasteiger partial charge is 0.497 e. The Morgan fingerprint density at radius 3 is 2.33 bits per heavy atom. The minimum absolute atomic E-state index is 0.0567. The molecule has 260 valence electrons. The SMILES string of the molecule is CCCOc1ccc2c(c1)C(c1ccc(OC)cc1OCC(=O)O)C(C(=O)OC(OC1CCCCC1)C(=O)O)C2c1ccc2c(c1)OCO2. The van der Waals surface area contributed by atoms with Crippen molar-refractivity contribution in [3.05, 3.63) is 76.9 Å². The zero-order chi connectivity index (χ0) is 34.5. The molecule has 3 aromatic carbocycles. The van der Waals surface area contributed by atoms with Gasteiger partial charge in [0.05, 0.1) is 25.7 Å². The second-order valence-corrected chi connectivity index (χ2v) is 12.3. The molecule has 1 heterocycles. The number of carbonyl (C=O) groups excluding carboxylic acids is 1. The number of carboxylic acid groups (broad SMARTS) is 2. The topological polar surface area (TPSA) is 156 Å². The van der Waals surface area contributed by atoms with Crippen LogP contribution in [0.1, 0.15) is 79.5 Å². The summed E-state index contributed by atoms with van der Waals surface area (Å²) in [6.07, 6.45) is 2.80.